The monoisotopic (exact) mass is 227 g/mol. The number of benzene rings is 1. The highest BCUT2D eigenvalue weighted by Gasteiger charge is 2.03. The van der Waals surface area contributed by atoms with E-state index in [1.807, 2.05) is 0 Å². The Morgan fingerprint density at radius 3 is 2.59 bits per heavy atom. The average molecular weight is 227 g/mol. The number of nitrogens with two attached hydrogens (primary N) is 1. The molecule has 1 amide bonds. The minimum atomic E-state index is -0.593. The van der Waals surface area contributed by atoms with Gasteiger partial charge in [0, 0.05) is 5.56 Å². The Morgan fingerprint density at radius 1 is 1.35 bits per heavy atom. The van der Waals surface area contributed by atoms with Crippen LogP contribution in [0.4, 0.5) is 0 Å². The maximum atomic E-state index is 10.6. The molecule has 1 aromatic carbocycles. The number of rotatable bonds is 4. The molecular weight excluding hydrogens is 218 g/mol. The third-order valence-electron chi connectivity index (χ3n) is 1.83. The molecule has 2 N–H and O–H groups in total. The van der Waals surface area contributed by atoms with Gasteiger partial charge in [-0.05, 0) is 12.1 Å². The molecule has 0 aliphatic rings. The van der Waals surface area contributed by atoms with Crippen LogP contribution in [-0.4, -0.2) is 12.5 Å². The summed E-state index contributed by atoms with van der Waals surface area (Å²) in [6, 6.07) is 10.2. The predicted octanol–water partition coefficient (Wildman–Crippen LogP) is 0.981. The van der Waals surface area contributed by atoms with Gasteiger partial charge in [-0.25, -0.2) is 0 Å². The molecule has 5 nitrogen and oxygen atoms in total. The van der Waals surface area contributed by atoms with Crippen LogP contribution in [0, 0.1) is 22.7 Å². The first-order chi connectivity index (χ1) is 8.17. The fourth-order valence-electron chi connectivity index (χ4n) is 1.13. The van der Waals surface area contributed by atoms with Crippen molar-refractivity contribution < 1.29 is 9.53 Å². The Balaban J connectivity index is 3.01. The molecule has 17 heavy (non-hydrogen) atoms. The molecule has 0 bridgehead atoms. The Morgan fingerprint density at radius 2 is 2.00 bits per heavy atom. The van der Waals surface area contributed by atoms with Crippen molar-refractivity contribution in [2.24, 2.45) is 5.73 Å². The number of carbonyl (C=O) groups is 1. The molecule has 0 heterocycles. The Hall–Kier alpha value is -2.79. The number of nitriles is 2. The molecule has 84 valence electrons. The fourth-order valence-corrected chi connectivity index (χ4v) is 1.13. The molecule has 0 atom stereocenters. The molecule has 0 saturated heterocycles. The third kappa shape index (κ3) is 3.69. The van der Waals surface area contributed by atoms with E-state index in [-0.39, 0.29) is 12.2 Å². The van der Waals surface area contributed by atoms with Crippen LogP contribution in [0.1, 0.15) is 5.56 Å². The van der Waals surface area contributed by atoms with Crippen molar-refractivity contribution in [1.82, 2.24) is 0 Å². The lowest BCUT2D eigenvalue weighted by Gasteiger charge is -2.06. The van der Waals surface area contributed by atoms with Crippen molar-refractivity contribution in [1.29, 1.82) is 10.5 Å². The van der Waals surface area contributed by atoms with E-state index in [0.29, 0.717) is 11.3 Å². The van der Waals surface area contributed by atoms with E-state index in [1.54, 1.807) is 36.4 Å². The molecule has 0 unspecified atom stereocenters. The normalized spacial score (nSPS) is 8.59. The first-order valence-corrected chi connectivity index (χ1v) is 4.69. The zero-order chi connectivity index (χ0) is 12.7. The molecule has 5 heteroatoms. The number of nitrogens with zero attached hydrogens (tertiary/aromatic N) is 2. The SMILES string of the molecule is N#CC(C#N)=Cc1ccccc1OCC(N)=O. The summed E-state index contributed by atoms with van der Waals surface area (Å²) in [7, 11) is 0. The molecule has 0 aliphatic carbocycles. The largest absolute Gasteiger partial charge is 0.483 e. The minimum Gasteiger partial charge on any atom is -0.483 e. The van der Waals surface area contributed by atoms with Crippen LogP contribution in [-0.2, 0) is 4.79 Å². The van der Waals surface area contributed by atoms with Crippen LogP contribution >= 0.6 is 0 Å². The highest BCUT2D eigenvalue weighted by molar-refractivity contribution is 5.75. The number of ether oxygens (including phenoxy) is 1. The lowest BCUT2D eigenvalue weighted by molar-refractivity contribution is -0.119. The zero-order valence-corrected chi connectivity index (χ0v) is 8.88. The summed E-state index contributed by atoms with van der Waals surface area (Å²) in [4.78, 5) is 10.6. The average Bonchev–Trinajstić information content (AvgIpc) is 2.34. The number of hydrogen-bond acceptors (Lipinski definition) is 4. The van der Waals surface area contributed by atoms with Crippen LogP contribution in [0.3, 0.4) is 0 Å². The van der Waals surface area contributed by atoms with Gasteiger partial charge in [-0.15, -0.1) is 0 Å². The van der Waals surface area contributed by atoms with Gasteiger partial charge in [0.15, 0.2) is 6.61 Å². The van der Waals surface area contributed by atoms with E-state index in [9.17, 15) is 4.79 Å². The smallest absolute Gasteiger partial charge is 0.255 e. The Kier molecular flexibility index (Phi) is 4.29. The molecule has 0 saturated carbocycles. The first kappa shape index (κ1) is 12.3. The number of carbonyl (C=O) groups excluding carboxylic acids is 1. The van der Waals surface area contributed by atoms with E-state index in [0.717, 1.165) is 0 Å². The summed E-state index contributed by atoms with van der Waals surface area (Å²) in [5, 5.41) is 17.3. The second-order valence-electron chi connectivity index (χ2n) is 3.07. The van der Waals surface area contributed by atoms with Crippen LogP contribution in [0.25, 0.3) is 6.08 Å². The van der Waals surface area contributed by atoms with Gasteiger partial charge in [0.25, 0.3) is 5.91 Å². The van der Waals surface area contributed by atoms with E-state index in [2.05, 4.69) is 0 Å². The highest BCUT2D eigenvalue weighted by atomic mass is 16.5. The number of hydrogen-bond donors (Lipinski definition) is 1. The van der Waals surface area contributed by atoms with Gasteiger partial charge in [-0.3, -0.25) is 4.79 Å². The predicted molar refractivity (Wildman–Crippen MR) is 60.3 cm³/mol. The maximum Gasteiger partial charge on any atom is 0.255 e. The Labute approximate surface area is 98.3 Å². The lowest BCUT2D eigenvalue weighted by atomic mass is 10.1. The minimum absolute atomic E-state index is 0.0416. The third-order valence-corrected chi connectivity index (χ3v) is 1.83. The molecule has 0 fully saturated rings. The molecule has 0 spiro atoms. The topological polar surface area (TPSA) is 99.9 Å². The Bertz CT molecular complexity index is 519. The van der Waals surface area contributed by atoms with Crippen molar-refractivity contribution in [3.63, 3.8) is 0 Å². The van der Waals surface area contributed by atoms with Crippen molar-refractivity contribution in [3.8, 4) is 17.9 Å². The number of amides is 1. The van der Waals surface area contributed by atoms with Crippen LogP contribution in [0.15, 0.2) is 29.8 Å². The van der Waals surface area contributed by atoms with Crippen LogP contribution < -0.4 is 10.5 Å². The summed E-state index contributed by atoms with van der Waals surface area (Å²) in [5.74, 6) is -0.195. The van der Waals surface area contributed by atoms with E-state index in [1.165, 1.54) is 6.08 Å². The molecule has 1 aromatic rings. The van der Waals surface area contributed by atoms with Gasteiger partial charge in [0.05, 0.1) is 0 Å². The molecular formula is C12H9N3O2. The second-order valence-corrected chi connectivity index (χ2v) is 3.07. The van der Waals surface area contributed by atoms with Crippen LogP contribution in [0.5, 0.6) is 5.75 Å². The molecule has 1 rings (SSSR count). The summed E-state index contributed by atoms with van der Waals surface area (Å²) in [6.45, 7) is -0.251. The van der Waals surface area contributed by atoms with Gasteiger partial charge in [0.2, 0.25) is 0 Å². The van der Waals surface area contributed by atoms with Crippen molar-refractivity contribution in [2.45, 2.75) is 0 Å². The van der Waals surface area contributed by atoms with E-state index >= 15 is 0 Å². The summed E-state index contributed by atoms with van der Waals surface area (Å²) in [5.41, 5.74) is 5.47. The highest BCUT2D eigenvalue weighted by Crippen LogP contribution is 2.20. The number of allylic oxidation sites excluding steroid dienone is 1. The molecule has 0 radical (unpaired) electrons. The zero-order valence-electron chi connectivity index (χ0n) is 8.88. The van der Waals surface area contributed by atoms with Gasteiger partial charge in [-0.2, -0.15) is 10.5 Å². The summed E-state index contributed by atoms with van der Waals surface area (Å²) in [6.07, 6.45) is 1.39. The second kappa shape index (κ2) is 5.94. The van der Waals surface area contributed by atoms with Gasteiger partial charge < -0.3 is 10.5 Å². The maximum absolute atomic E-state index is 10.6. The van der Waals surface area contributed by atoms with Crippen molar-refractivity contribution >= 4 is 12.0 Å². The van der Waals surface area contributed by atoms with Gasteiger partial charge in [-0.1, -0.05) is 18.2 Å². The van der Waals surface area contributed by atoms with E-state index in [4.69, 9.17) is 21.0 Å². The number of primary amides is 1. The molecule has 0 aliphatic heterocycles. The standard InChI is InChI=1S/C12H9N3O2/c13-6-9(7-14)5-10-3-1-2-4-11(10)17-8-12(15)16/h1-5H,8H2,(H2,15,16). The van der Waals surface area contributed by atoms with Crippen molar-refractivity contribution in [3.05, 3.63) is 35.4 Å². The summed E-state index contributed by atoms with van der Waals surface area (Å²) >= 11 is 0. The summed E-state index contributed by atoms with van der Waals surface area (Å²) < 4.78 is 5.15. The molecule has 0 aromatic heterocycles. The van der Waals surface area contributed by atoms with Gasteiger partial charge >= 0.3 is 0 Å². The lowest BCUT2D eigenvalue weighted by Crippen LogP contribution is -2.20. The van der Waals surface area contributed by atoms with Gasteiger partial charge in [0.1, 0.15) is 23.5 Å². The quantitative estimate of drug-likeness (QED) is 0.775. The fraction of sp³-hybridized carbons (Fsp3) is 0.0833. The van der Waals surface area contributed by atoms with Crippen molar-refractivity contribution in [2.75, 3.05) is 6.61 Å². The first-order valence-electron chi connectivity index (χ1n) is 4.69. The number of para-hydroxylation sites is 1. The van der Waals surface area contributed by atoms with Crippen LogP contribution in [0.2, 0.25) is 0 Å². The van der Waals surface area contributed by atoms with E-state index < -0.39 is 5.91 Å².